The molecular formula is C32H35F3N6O3S. The fourth-order valence-corrected chi connectivity index (χ4v) is 5.21. The van der Waals surface area contributed by atoms with Gasteiger partial charge in [-0.15, -0.1) is 0 Å². The molecule has 13 heteroatoms. The predicted molar refractivity (Wildman–Crippen MR) is 172 cm³/mol. The van der Waals surface area contributed by atoms with Crippen molar-refractivity contribution >= 4 is 45.4 Å². The van der Waals surface area contributed by atoms with E-state index in [0.29, 0.717) is 41.8 Å². The van der Waals surface area contributed by atoms with Gasteiger partial charge in [0.05, 0.1) is 11.8 Å². The number of piperazine rings is 1. The molecule has 1 amide bonds. The van der Waals surface area contributed by atoms with Gasteiger partial charge in [0.1, 0.15) is 4.88 Å². The summed E-state index contributed by atoms with van der Waals surface area (Å²) in [5, 5.41) is 15.1. The predicted octanol–water partition coefficient (Wildman–Crippen LogP) is 6.44. The Kier molecular flexibility index (Phi) is 11.0. The third kappa shape index (κ3) is 9.43. The number of rotatable bonds is 8. The minimum absolute atomic E-state index is 0.0353. The van der Waals surface area contributed by atoms with Crippen molar-refractivity contribution < 1.29 is 27.9 Å². The number of carbonyl (C=O) groups excluding carboxylic acids is 1. The molecule has 1 saturated heterocycles. The minimum Gasteiger partial charge on any atom is -0.477 e. The van der Waals surface area contributed by atoms with Gasteiger partial charge in [0.15, 0.2) is 5.13 Å². The number of nitrogen functional groups attached to an aromatic ring is 1. The average Bonchev–Trinajstić information content (AvgIpc) is 3.52. The second-order valence-electron chi connectivity index (χ2n) is 10.4. The van der Waals surface area contributed by atoms with Crippen LogP contribution in [0.1, 0.15) is 43.6 Å². The zero-order chi connectivity index (χ0) is 32.6. The van der Waals surface area contributed by atoms with Crippen molar-refractivity contribution in [2.45, 2.75) is 26.6 Å². The molecule has 45 heavy (non-hydrogen) atoms. The molecule has 3 aromatic carbocycles. The van der Waals surface area contributed by atoms with Crippen LogP contribution < -0.4 is 21.3 Å². The summed E-state index contributed by atoms with van der Waals surface area (Å²) in [6, 6.07) is 18.4. The molecule has 0 atom stereocenters. The SMILES string of the molecule is CCN1CCN(c2cc(C(=O)Nc3ccc(C)c(N)c3)cc(C(F)(F)F)c2)CC1.O=C(O)c1cnc(NCc2ccccc2)s1. The van der Waals surface area contributed by atoms with Gasteiger partial charge in [0.25, 0.3) is 5.91 Å². The largest absolute Gasteiger partial charge is 0.477 e. The molecule has 9 nitrogen and oxygen atoms in total. The van der Waals surface area contributed by atoms with Crippen molar-refractivity contribution in [1.29, 1.82) is 0 Å². The number of aryl methyl sites for hydroxylation is 1. The lowest BCUT2D eigenvalue weighted by atomic mass is 10.1. The Labute approximate surface area is 263 Å². The van der Waals surface area contributed by atoms with E-state index in [2.05, 4.69) is 27.4 Å². The first kappa shape index (κ1) is 33.3. The summed E-state index contributed by atoms with van der Waals surface area (Å²) >= 11 is 1.14. The van der Waals surface area contributed by atoms with Gasteiger partial charge < -0.3 is 31.3 Å². The van der Waals surface area contributed by atoms with Gasteiger partial charge in [0, 0.05) is 55.3 Å². The van der Waals surface area contributed by atoms with E-state index in [9.17, 15) is 22.8 Å². The van der Waals surface area contributed by atoms with Crippen LogP contribution in [0.15, 0.2) is 72.9 Å². The van der Waals surface area contributed by atoms with Crippen LogP contribution in [0, 0.1) is 6.92 Å². The summed E-state index contributed by atoms with van der Waals surface area (Å²) < 4.78 is 40.3. The highest BCUT2D eigenvalue weighted by Crippen LogP contribution is 2.34. The number of anilines is 4. The first-order chi connectivity index (χ1) is 21.4. The quantitative estimate of drug-likeness (QED) is 0.162. The Morgan fingerprint density at radius 1 is 1.02 bits per heavy atom. The van der Waals surface area contributed by atoms with Gasteiger partial charge in [-0.1, -0.05) is 54.7 Å². The molecule has 1 aliphatic heterocycles. The molecule has 0 bridgehead atoms. The number of aromatic nitrogens is 1. The molecule has 1 fully saturated rings. The molecule has 4 aromatic rings. The number of nitrogens with one attached hydrogen (secondary N) is 2. The van der Waals surface area contributed by atoms with Crippen LogP contribution in [0.5, 0.6) is 0 Å². The highest BCUT2D eigenvalue weighted by Gasteiger charge is 2.32. The number of nitrogens with two attached hydrogens (primary N) is 1. The molecule has 5 N–H and O–H groups in total. The van der Waals surface area contributed by atoms with Gasteiger partial charge in [-0.3, -0.25) is 4.79 Å². The summed E-state index contributed by atoms with van der Waals surface area (Å²) in [6.45, 7) is 8.22. The number of likely N-dealkylation sites (N-methyl/N-ethyl adjacent to an activating group) is 1. The number of amides is 1. The summed E-state index contributed by atoms with van der Waals surface area (Å²) in [5.74, 6) is -1.54. The maximum Gasteiger partial charge on any atom is 0.416 e. The van der Waals surface area contributed by atoms with Crippen LogP contribution in [0.3, 0.4) is 0 Å². The lowest BCUT2D eigenvalue weighted by molar-refractivity contribution is -0.137. The smallest absolute Gasteiger partial charge is 0.416 e. The van der Waals surface area contributed by atoms with Gasteiger partial charge in [-0.25, -0.2) is 9.78 Å². The summed E-state index contributed by atoms with van der Waals surface area (Å²) in [6.07, 6.45) is -3.18. The number of carboxylic acid groups (broad SMARTS) is 1. The molecule has 0 radical (unpaired) electrons. The first-order valence-electron chi connectivity index (χ1n) is 14.3. The third-order valence-electron chi connectivity index (χ3n) is 7.23. The molecule has 0 unspecified atom stereocenters. The number of hydrogen-bond donors (Lipinski definition) is 4. The van der Waals surface area contributed by atoms with E-state index in [1.807, 2.05) is 42.2 Å². The minimum atomic E-state index is -4.54. The number of nitrogens with zero attached hydrogens (tertiary/aromatic N) is 3. The second-order valence-corrected chi connectivity index (χ2v) is 11.4. The van der Waals surface area contributed by atoms with E-state index in [1.165, 1.54) is 12.3 Å². The van der Waals surface area contributed by atoms with Crippen molar-refractivity contribution in [2.24, 2.45) is 0 Å². The summed E-state index contributed by atoms with van der Waals surface area (Å²) in [5.41, 5.74) is 8.32. The Bertz CT molecular complexity index is 1610. The van der Waals surface area contributed by atoms with E-state index < -0.39 is 23.6 Å². The standard InChI is InChI=1S/C21H25F3N4O.C11H10N2O2S/c1-3-27-6-8-28(9-7-27)18-11-15(10-16(12-18)21(22,23)24)20(29)26-17-5-4-14(2)19(25)13-17;14-10(15)9-7-13-11(16-9)12-6-8-4-2-1-3-5-8/h4-5,10-13H,3,6-9,25H2,1-2H3,(H,26,29);1-5,7H,6H2,(H,12,13)(H,14,15). The number of carbonyl (C=O) groups is 2. The van der Waals surface area contributed by atoms with Crippen LogP contribution >= 0.6 is 11.3 Å². The van der Waals surface area contributed by atoms with Crippen molar-refractivity contribution in [3.8, 4) is 0 Å². The fraction of sp³-hybridized carbons (Fsp3) is 0.281. The maximum absolute atomic E-state index is 13.4. The Morgan fingerprint density at radius 3 is 2.33 bits per heavy atom. The van der Waals surface area contributed by atoms with E-state index in [1.54, 1.807) is 18.2 Å². The number of alkyl halides is 3. The second kappa shape index (κ2) is 14.9. The summed E-state index contributed by atoms with van der Waals surface area (Å²) in [4.78, 5) is 31.7. The van der Waals surface area contributed by atoms with Crippen molar-refractivity contribution in [1.82, 2.24) is 9.88 Å². The number of halogens is 3. The first-order valence-corrected chi connectivity index (χ1v) is 15.1. The molecule has 0 aliphatic carbocycles. The van der Waals surface area contributed by atoms with Gasteiger partial charge in [0.2, 0.25) is 0 Å². The maximum atomic E-state index is 13.4. The molecule has 0 spiro atoms. The zero-order valence-electron chi connectivity index (χ0n) is 24.9. The number of hydrogen-bond acceptors (Lipinski definition) is 8. The molecule has 0 saturated carbocycles. The Morgan fingerprint density at radius 2 is 1.73 bits per heavy atom. The number of benzene rings is 3. The van der Waals surface area contributed by atoms with Crippen LogP contribution in [0.25, 0.3) is 0 Å². The van der Waals surface area contributed by atoms with Crippen molar-refractivity contribution in [3.05, 3.63) is 100 Å². The average molecular weight is 641 g/mol. The highest BCUT2D eigenvalue weighted by atomic mass is 32.1. The summed E-state index contributed by atoms with van der Waals surface area (Å²) in [7, 11) is 0. The van der Waals surface area contributed by atoms with Crippen LogP contribution in [-0.2, 0) is 12.7 Å². The van der Waals surface area contributed by atoms with Crippen molar-refractivity contribution in [3.63, 3.8) is 0 Å². The van der Waals surface area contributed by atoms with E-state index in [0.717, 1.165) is 54.2 Å². The van der Waals surface area contributed by atoms with E-state index in [-0.39, 0.29) is 10.4 Å². The highest BCUT2D eigenvalue weighted by molar-refractivity contribution is 7.17. The fourth-order valence-electron chi connectivity index (χ4n) is 4.56. The third-order valence-corrected chi connectivity index (χ3v) is 8.18. The number of aromatic carboxylic acids is 1. The Hall–Kier alpha value is -4.62. The monoisotopic (exact) mass is 640 g/mol. The van der Waals surface area contributed by atoms with Gasteiger partial charge in [-0.05, 0) is 54.9 Å². The normalized spacial score (nSPS) is 13.5. The van der Waals surface area contributed by atoms with Gasteiger partial charge >= 0.3 is 12.1 Å². The topological polar surface area (TPSA) is 124 Å². The Balaban J connectivity index is 0.000000242. The number of carboxylic acids is 1. The zero-order valence-corrected chi connectivity index (χ0v) is 25.7. The molecule has 5 rings (SSSR count). The molecular weight excluding hydrogens is 605 g/mol. The van der Waals surface area contributed by atoms with E-state index in [4.69, 9.17) is 10.8 Å². The van der Waals surface area contributed by atoms with Crippen molar-refractivity contribution in [2.75, 3.05) is 54.0 Å². The lowest BCUT2D eigenvalue weighted by Crippen LogP contribution is -2.46. The van der Waals surface area contributed by atoms with E-state index >= 15 is 0 Å². The van der Waals surface area contributed by atoms with Crippen LogP contribution in [-0.4, -0.2) is 59.6 Å². The van der Waals surface area contributed by atoms with Crippen LogP contribution in [0.2, 0.25) is 0 Å². The lowest BCUT2D eigenvalue weighted by Gasteiger charge is -2.36. The molecule has 1 aliphatic rings. The van der Waals surface area contributed by atoms with Crippen LogP contribution in [0.4, 0.5) is 35.4 Å². The molecule has 238 valence electrons. The molecule has 2 heterocycles. The number of thiazole rings is 1. The molecule has 1 aromatic heterocycles. The van der Waals surface area contributed by atoms with Gasteiger partial charge in [-0.2, -0.15) is 13.2 Å².